The Labute approximate surface area is 122 Å². The molecule has 0 radical (unpaired) electrons. The van der Waals surface area contributed by atoms with E-state index in [9.17, 15) is 0 Å². The van der Waals surface area contributed by atoms with Crippen molar-refractivity contribution in [2.24, 2.45) is 0 Å². The monoisotopic (exact) mass is 277 g/mol. The van der Waals surface area contributed by atoms with E-state index in [4.69, 9.17) is 9.47 Å². The Morgan fingerprint density at radius 1 is 1.30 bits per heavy atom. The summed E-state index contributed by atoms with van der Waals surface area (Å²) in [6, 6.07) is 4.48. The molecule has 0 spiro atoms. The molecule has 112 valence electrons. The first-order chi connectivity index (χ1) is 9.40. The highest BCUT2D eigenvalue weighted by molar-refractivity contribution is 5.64. The SMILES string of the molecule is COCCN1c2cc(OC)c(C)cc2C(C)CC1(C)C. The van der Waals surface area contributed by atoms with Crippen LogP contribution in [0, 0.1) is 6.92 Å². The third-order valence-electron chi connectivity index (χ3n) is 4.42. The highest BCUT2D eigenvalue weighted by Crippen LogP contribution is 2.45. The maximum absolute atomic E-state index is 5.51. The van der Waals surface area contributed by atoms with E-state index in [2.05, 4.69) is 44.7 Å². The topological polar surface area (TPSA) is 21.7 Å². The summed E-state index contributed by atoms with van der Waals surface area (Å²) >= 11 is 0. The lowest BCUT2D eigenvalue weighted by molar-refractivity contribution is 0.196. The summed E-state index contributed by atoms with van der Waals surface area (Å²) in [6.07, 6.45) is 1.16. The number of nitrogens with zero attached hydrogens (tertiary/aromatic N) is 1. The van der Waals surface area contributed by atoms with Crippen LogP contribution >= 0.6 is 0 Å². The molecule has 1 aromatic carbocycles. The Hall–Kier alpha value is -1.22. The lowest BCUT2D eigenvalue weighted by Crippen LogP contribution is -2.49. The maximum atomic E-state index is 5.51. The van der Waals surface area contributed by atoms with Gasteiger partial charge in [0.1, 0.15) is 5.75 Å². The number of hydrogen-bond donors (Lipinski definition) is 0. The van der Waals surface area contributed by atoms with Gasteiger partial charge in [0.05, 0.1) is 13.7 Å². The van der Waals surface area contributed by atoms with Crippen molar-refractivity contribution in [3.8, 4) is 5.75 Å². The van der Waals surface area contributed by atoms with Gasteiger partial charge in [0, 0.05) is 30.9 Å². The van der Waals surface area contributed by atoms with E-state index in [0.717, 1.165) is 25.3 Å². The van der Waals surface area contributed by atoms with Crippen LogP contribution in [0.1, 0.15) is 44.2 Å². The van der Waals surface area contributed by atoms with Crippen molar-refractivity contribution in [1.29, 1.82) is 0 Å². The van der Waals surface area contributed by atoms with Gasteiger partial charge in [0.2, 0.25) is 0 Å². The largest absolute Gasteiger partial charge is 0.496 e. The molecule has 1 aromatic rings. The molecule has 1 aliphatic rings. The first-order valence-corrected chi connectivity index (χ1v) is 7.36. The van der Waals surface area contributed by atoms with Crippen LogP contribution in [0.2, 0.25) is 0 Å². The number of hydrogen-bond acceptors (Lipinski definition) is 3. The molecular formula is C17H27NO2. The lowest BCUT2D eigenvalue weighted by atomic mass is 9.79. The van der Waals surface area contributed by atoms with Crippen molar-refractivity contribution < 1.29 is 9.47 Å². The number of aryl methyl sites for hydroxylation is 1. The number of fused-ring (bicyclic) bond motifs is 1. The minimum atomic E-state index is 0.144. The first kappa shape index (κ1) is 15.2. The Morgan fingerprint density at radius 2 is 2.00 bits per heavy atom. The van der Waals surface area contributed by atoms with Crippen molar-refractivity contribution in [2.75, 3.05) is 32.3 Å². The van der Waals surface area contributed by atoms with Crippen LogP contribution in [0.5, 0.6) is 5.75 Å². The highest BCUT2D eigenvalue weighted by Gasteiger charge is 2.36. The van der Waals surface area contributed by atoms with Crippen LogP contribution in [-0.4, -0.2) is 32.9 Å². The second-order valence-electron chi connectivity index (χ2n) is 6.44. The fraction of sp³-hybridized carbons (Fsp3) is 0.647. The fourth-order valence-corrected chi connectivity index (χ4v) is 3.45. The summed E-state index contributed by atoms with van der Waals surface area (Å²) in [5.41, 5.74) is 4.09. The molecule has 1 atom stereocenters. The van der Waals surface area contributed by atoms with Crippen molar-refractivity contribution in [1.82, 2.24) is 0 Å². The minimum Gasteiger partial charge on any atom is -0.496 e. The molecule has 1 unspecified atom stereocenters. The molecule has 0 saturated carbocycles. The summed E-state index contributed by atoms with van der Waals surface area (Å²) in [6.45, 7) is 10.7. The molecule has 20 heavy (non-hydrogen) atoms. The molecule has 1 aliphatic heterocycles. The Bertz CT molecular complexity index is 482. The van der Waals surface area contributed by atoms with Gasteiger partial charge in [-0.05, 0) is 44.2 Å². The first-order valence-electron chi connectivity index (χ1n) is 7.36. The van der Waals surface area contributed by atoms with Crippen LogP contribution in [0.3, 0.4) is 0 Å². The van der Waals surface area contributed by atoms with Gasteiger partial charge in [-0.25, -0.2) is 0 Å². The summed E-state index contributed by atoms with van der Waals surface area (Å²) in [7, 11) is 3.50. The second-order valence-corrected chi connectivity index (χ2v) is 6.44. The quantitative estimate of drug-likeness (QED) is 0.837. The van der Waals surface area contributed by atoms with Crippen molar-refractivity contribution in [2.45, 2.75) is 45.6 Å². The van der Waals surface area contributed by atoms with Crippen LogP contribution < -0.4 is 9.64 Å². The minimum absolute atomic E-state index is 0.144. The van der Waals surface area contributed by atoms with Crippen LogP contribution in [0.15, 0.2) is 12.1 Å². The number of anilines is 1. The standard InChI is InChI=1S/C17H27NO2/c1-12-9-14-13(2)11-17(3,4)18(7-8-19-5)15(14)10-16(12)20-6/h9-10,13H,7-8,11H2,1-6H3. The van der Waals surface area contributed by atoms with E-state index in [1.165, 1.54) is 16.8 Å². The van der Waals surface area contributed by atoms with Crippen LogP contribution in [0.4, 0.5) is 5.69 Å². The summed E-state index contributed by atoms with van der Waals surface area (Å²) < 4.78 is 10.8. The molecule has 3 nitrogen and oxygen atoms in total. The van der Waals surface area contributed by atoms with E-state index in [1.807, 2.05) is 0 Å². The molecule has 3 heteroatoms. The molecule has 0 bridgehead atoms. The lowest BCUT2D eigenvalue weighted by Gasteiger charge is -2.47. The molecule has 1 heterocycles. The second kappa shape index (κ2) is 5.65. The zero-order chi connectivity index (χ0) is 14.9. The molecule has 0 saturated heterocycles. The predicted octanol–water partition coefficient (Wildman–Crippen LogP) is 3.74. The Morgan fingerprint density at radius 3 is 2.60 bits per heavy atom. The third kappa shape index (κ3) is 2.64. The van der Waals surface area contributed by atoms with E-state index < -0.39 is 0 Å². The Balaban J connectivity index is 2.50. The third-order valence-corrected chi connectivity index (χ3v) is 4.42. The van der Waals surface area contributed by atoms with E-state index in [0.29, 0.717) is 5.92 Å². The average Bonchev–Trinajstić information content (AvgIpc) is 2.38. The number of rotatable bonds is 4. The predicted molar refractivity (Wildman–Crippen MR) is 84.1 cm³/mol. The van der Waals surface area contributed by atoms with Crippen molar-refractivity contribution in [3.05, 3.63) is 23.3 Å². The molecule has 0 aliphatic carbocycles. The molecule has 0 aromatic heterocycles. The highest BCUT2D eigenvalue weighted by atomic mass is 16.5. The van der Waals surface area contributed by atoms with Gasteiger partial charge in [-0.3, -0.25) is 0 Å². The van der Waals surface area contributed by atoms with Crippen molar-refractivity contribution in [3.63, 3.8) is 0 Å². The van der Waals surface area contributed by atoms with Crippen molar-refractivity contribution >= 4 is 5.69 Å². The van der Waals surface area contributed by atoms with E-state index >= 15 is 0 Å². The number of methoxy groups -OCH3 is 2. The van der Waals surface area contributed by atoms with Gasteiger partial charge in [-0.2, -0.15) is 0 Å². The summed E-state index contributed by atoms with van der Waals surface area (Å²) in [5.74, 6) is 1.54. The molecular weight excluding hydrogens is 250 g/mol. The van der Waals surface area contributed by atoms with E-state index in [1.54, 1.807) is 14.2 Å². The Kier molecular flexibility index (Phi) is 4.28. The molecule has 0 amide bonds. The van der Waals surface area contributed by atoms with Crippen LogP contribution in [-0.2, 0) is 4.74 Å². The zero-order valence-electron chi connectivity index (χ0n) is 13.6. The van der Waals surface area contributed by atoms with Gasteiger partial charge in [0.15, 0.2) is 0 Å². The smallest absolute Gasteiger partial charge is 0.123 e. The van der Waals surface area contributed by atoms with Gasteiger partial charge >= 0.3 is 0 Å². The number of benzene rings is 1. The maximum Gasteiger partial charge on any atom is 0.123 e. The normalized spacial score (nSPS) is 20.7. The van der Waals surface area contributed by atoms with Gasteiger partial charge in [0.25, 0.3) is 0 Å². The zero-order valence-corrected chi connectivity index (χ0v) is 13.6. The fourth-order valence-electron chi connectivity index (χ4n) is 3.45. The average molecular weight is 277 g/mol. The number of ether oxygens (including phenoxy) is 2. The summed E-state index contributed by atoms with van der Waals surface area (Å²) in [5, 5.41) is 0. The van der Waals surface area contributed by atoms with Gasteiger partial charge in [-0.15, -0.1) is 0 Å². The molecule has 2 rings (SSSR count). The molecule has 0 N–H and O–H groups in total. The van der Waals surface area contributed by atoms with Gasteiger partial charge < -0.3 is 14.4 Å². The summed E-state index contributed by atoms with van der Waals surface area (Å²) in [4.78, 5) is 2.47. The van der Waals surface area contributed by atoms with E-state index in [-0.39, 0.29) is 5.54 Å². The van der Waals surface area contributed by atoms with Crippen LogP contribution in [0.25, 0.3) is 0 Å². The molecule has 0 fully saturated rings. The van der Waals surface area contributed by atoms with Gasteiger partial charge in [-0.1, -0.05) is 13.0 Å².